The molecule has 0 amide bonds. The van der Waals surface area contributed by atoms with E-state index < -0.39 is 29.4 Å². The van der Waals surface area contributed by atoms with Crippen molar-refractivity contribution in [3.05, 3.63) is 65.4 Å². The van der Waals surface area contributed by atoms with Gasteiger partial charge in [0.2, 0.25) is 5.78 Å². The van der Waals surface area contributed by atoms with Crippen LogP contribution in [0.5, 0.6) is 0 Å². The van der Waals surface area contributed by atoms with Crippen molar-refractivity contribution in [3.8, 4) is 0 Å². The molecule has 0 heterocycles. The number of allylic oxidation sites excluding steroid dienone is 1. The number of Topliss-reactive ketones (excluding diaryl/α,β-unsaturated/α-hetero) is 1. The van der Waals surface area contributed by atoms with Crippen molar-refractivity contribution < 1.29 is 18.1 Å². The van der Waals surface area contributed by atoms with Gasteiger partial charge in [0.1, 0.15) is 0 Å². The predicted molar refractivity (Wildman–Crippen MR) is 120 cm³/mol. The molecule has 0 atom stereocenters. The molecule has 0 saturated carbocycles. The van der Waals surface area contributed by atoms with E-state index in [1.807, 2.05) is 36.4 Å². The highest BCUT2D eigenvalue weighted by atomic mass is 28.3. The maximum atomic E-state index is 12.9. The minimum Gasteiger partial charge on any atom is -0.502 e. The lowest BCUT2D eigenvalue weighted by atomic mass is 10.1. The molecule has 0 unspecified atom stereocenters. The summed E-state index contributed by atoms with van der Waals surface area (Å²) in [6, 6.07) is 14.8. The quantitative estimate of drug-likeness (QED) is 0.277. The van der Waals surface area contributed by atoms with Crippen LogP contribution in [0.2, 0.25) is 39.3 Å². The SMILES string of the molecule is C[Si](C)(C)c1ccc(/C=C(/OB(F)F)C(=O)c2ccc([Si](C)(C)C)cc2)cc1. The van der Waals surface area contributed by atoms with E-state index in [9.17, 15) is 13.4 Å². The minimum atomic E-state index is -3.06. The normalized spacial score (nSPS) is 12.6. The summed E-state index contributed by atoms with van der Waals surface area (Å²) in [5, 5.41) is 2.46. The van der Waals surface area contributed by atoms with E-state index in [2.05, 4.69) is 43.9 Å². The van der Waals surface area contributed by atoms with Gasteiger partial charge < -0.3 is 4.65 Å². The largest absolute Gasteiger partial charge is 0.796 e. The number of hydrogen-bond donors (Lipinski definition) is 0. The molecular formula is C21H27BF2O2Si2. The molecule has 2 aromatic rings. The molecule has 0 aliphatic heterocycles. The molecular weight excluding hydrogens is 389 g/mol. The molecule has 0 aromatic heterocycles. The van der Waals surface area contributed by atoms with Crippen LogP contribution in [0, 0.1) is 0 Å². The third-order valence-corrected chi connectivity index (χ3v) is 8.66. The van der Waals surface area contributed by atoms with E-state index in [0.717, 1.165) is 0 Å². The predicted octanol–water partition coefficient (Wildman–Crippen LogP) is 4.94. The van der Waals surface area contributed by atoms with E-state index in [1.54, 1.807) is 12.1 Å². The summed E-state index contributed by atoms with van der Waals surface area (Å²) in [5.74, 6) is -0.895. The summed E-state index contributed by atoms with van der Waals surface area (Å²) in [7, 11) is -6.01. The maximum absolute atomic E-state index is 12.9. The van der Waals surface area contributed by atoms with Crippen LogP contribution < -0.4 is 10.4 Å². The Hall–Kier alpha value is -1.99. The summed E-state index contributed by atoms with van der Waals surface area (Å²) >= 11 is 0. The second-order valence-electron chi connectivity index (χ2n) is 8.92. The van der Waals surface area contributed by atoms with Gasteiger partial charge in [-0.25, -0.2) is 8.63 Å². The minimum absolute atomic E-state index is 0.340. The molecule has 148 valence electrons. The molecule has 0 radical (unpaired) electrons. The second-order valence-corrected chi connectivity index (χ2v) is 19.1. The molecule has 2 nitrogen and oxygen atoms in total. The van der Waals surface area contributed by atoms with Crippen molar-refractivity contribution in [2.75, 3.05) is 0 Å². The highest BCUT2D eigenvalue weighted by Crippen LogP contribution is 2.17. The first-order valence-corrected chi connectivity index (χ1v) is 16.3. The molecule has 2 aromatic carbocycles. The first-order valence-electron chi connectivity index (χ1n) is 9.30. The molecule has 2 rings (SSSR count). The van der Waals surface area contributed by atoms with Crippen LogP contribution in [0.4, 0.5) is 8.63 Å². The fraction of sp³-hybridized carbons (Fsp3) is 0.286. The van der Waals surface area contributed by atoms with Crippen LogP contribution in [0.1, 0.15) is 15.9 Å². The fourth-order valence-corrected chi connectivity index (χ4v) is 5.08. The van der Waals surface area contributed by atoms with Crippen LogP contribution >= 0.6 is 0 Å². The van der Waals surface area contributed by atoms with Crippen molar-refractivity contribution in [2.24, 2.45) is 0 Å². The number of carbonyl (C=O) groups excluding carboxylic acids is 1. The molecule has 28 heavy (non-hydrogen) atoms. The average molecular weight is 416 g/mol. The van der Waals surface area contributed by atoms with Crippen molar-refractivity contribution in [1.82, 2.24) is 0 Å². The number of benzene rings is 2. The summed E-state index contributed by atoms with van der Waals surface area (Å²) in [6.45, 7) is 13.3. The lowest BCUT2D eigenvalue weighted by Crippen LogP contribution is -2.37. The first-order chi connectivity index (χ1) is 12.9. The van der Waals surface area contributed by atoms with E-state index in [0.29, 0.717) is 11.1 Å². The smallest absolute Gasteiger partial charge is 0.502 e. The summed E-state index contributed by atoms with van der Waals surface area (Å²) in [5.41, 5.74) is 0.998. The molecule has 0 bridgehead atoms. The molecule has 0 fully saturated rings. The number of hydrogen-bond acceptors (Lipinski definition) is 2. The van der Waals surface area contributed by atoms with Crippen LogP contribution in [0.15, 0.2) is 54.3 Å². The van der Waals surface area contributed by atoms with Gasteiger partial charge in [-0.15, -0.1) is 0 Å². The van der Waals surface area contributed by atoms with Crippen LogP contribution in [0.3, 0.4) is 0 Å². The van der Waals surface area contributed by atoms with E-state index >= 15 is 0 Å². The number of carbonyl (C=O) groups is 1. The van der Waals surface area contributed by atoms with Crippen molar-refractivity contribution in [1.29, 1.82) is 0 Å². The van der Waals surface area contributed by atoms with Crippen molar-refractivity contribution in [3.63, 3.8) is 0 Å². The van der Waals surface area contributed by atoms with Gasteiger partial charge in [0.05, 0.1) is 16.1 Å². The van der Waals surface area contributed by atoms with E-state index in [1.165, 1.54) is 16.4 Å². The molecule has 0 N–H and O–H groups in total. The Labute approximate surface area is 168 Å². The van der Waals surface area contributed by atoms with Gasteiger partial charge in [-0.2, -0.15) is 0 Å². The molecule has 0 aliphatic rings. The topological polar surface area (TPSA) is 26.3 Å². The Morgan fingerprint density at radius 3 is 1.64 bits per heavy atom. The van der Waals surface area contributed by atoms with Crippen LogP contribution in [-0.4, -0.2) is 29.4 Å². The van der Waals surface area contributed by atoms with Crippen LogP contribution in [0.25, 0.3) is 6.08 Å². The highest BCUT2D eigenvalue weighted by molar-refractivity contribution is 6.89. The fourth-order valence-electron chi connectivity index (χ4n) is 2.74. The third kappa shape index (κ3) is 6.00. The van der Waals surface area contributed by atoms with Crippen molar-refractivity contribution in [2.45, 2.75) is 39.3 Å². The zero-order valence-electron chi connectivity index (χ0n) is 17.3. The molecule has 0 aliphatic carbocycles. The lowest BCUT2D eigenvalue weighted by Gasteiger charge is -2.17. The van der Waals surface area contributed by atoms with Crippen molar-refractivity contribution >= 4 is 45.9 Å². The summed E-state index contributed by atoms with van der Waals surface area (Å²) in [4.78, 5) is 12.8. The van der Waals surface area contributed by atoms with Gasteiger partial charge in [-0.3, -0.25) is 4.79 Å². The second kappa shape index (κ2) is 8.57. The Morgan fingerprint density at radius 1 is 0.821 bits per heavy atom. The maximum Gasteiger partial charge on any atom is 0.796 e. The average Bonchev–Trinajstić information content (AvgIpc) is 2.59. The monoisotopic (exact) mass is 416 g/mol. The van der Waals surface area contributed by atoms with Gasteiger partial charge in [-0.1, -0.05) is 98.2 Å². The molecule has 7 heteroatoms. The lowest BCUT2D eigenvalue weighted by molar-refractivity contribution is 0.0978. The summed E-state index contributed by atoms with van der Waals surface area (Å²) in [6.07, 6.45) is 1.38. The highest BCUT2D eigenvalue weighted by Gasteiger charge is 2.25. The third-order valence-electron chi connectivity index (χ3n) is 4.53. The number of halogens is 2. The van der Waals surface area contributed by atoms with Gasteiger partial charge in [-0.05, 0) is 11.6 Å². The Kier molecular flexibility index (Phi) is 6.83. The molecule has 0 spiro atoms. The number of ketones is 1. The van der Waals surface area contributed by atoms with Gasteiger partial charge in [0, 0.05) is 5.56 Å². The number of rotatable bonds is 7. The zero-order chi connectivity index (χ0) is 21.1. The van der Waals surface area contributed by atoms with Gasteiger partial charge >= 0.3 is 7.47 Å². The van der Waals surface area contributed by atoms with E-state index in [-0.39, 0.29) is 5.76 Å². The Bertz CT molecular complexity index is 850. The van der Waals surface area contributed by atoms with Gasteiger partial charge in [0.25, 0.3) is 0 Å². The van der Waals surface area contributed by atoms with E-state index in [4.69, 9.17) is 0 Å². The summed E-state index contributed by atoms with van der Waals surface area (Å²) < 4.78 is 30.4. The first kappa shape index (κ1) is 22.3. The Morgan fingerprint density at radius 2 is 1.25 bits per heavy atom. The zero-order valence-corrected chi connectivity index (χ0v) is 19.3. The standard InChI is InChI=1S/C21H27BF2O2Si2/c1-27(2,3)18-11-7-16(8-12-18)15-20(26-22(23)24)21(25)17-9-13-19(14-10-17)28(4,5)6/h7-15H,1-6H3/b20-15+. The Balaban J connectivity index is 2.34. The van der Waals surface area contributed by atoms with Crippen LogP contribution in [-0.2, 0) is 4.65 Å². The molecule has 0 saturated heterocycles. The van der Waals surface area contributed by atoms with Gasteiger partial charge in [0.15, 0.2) is 5.76 Å².